The maximum Gasteiger partial charge on any atom is 0.371 e. The Kier molecular flexibility index (Phi) is 3.61. The number of amides is 1. The highest BCUT2D eigenvalue weighted by Gasteiger charge is 2.18. The fraction of sp³-hybridized carbons (Fsp3) is 0.154. The van der Waals surface area contributed by atoms with Gasteiger partial charge in [-0.25, -0.2) is 4.79 Å². The van der Waals surface area contributed by atoms with Gasteiger partial charge in [-0.05, 0) is 24.3 Å². The maximum atomic E-state index is 12.0. The highest BCUT2D eigenvalue weighted by molar-refractivity contribution is 5.93. The average Bonchev–Trinajstić information content (AvgIpc) is 2.88. The number of hydrogen-bond acceptors (Lipinski definition) is 4. The smallest absolute Gasteiger partial charge is 0.371 e. The minimum Gasteiger partial charge on any atom is -0.475 e. The minimum atomic E-state index is -1.20. The number of pyridine rings is 1. The van der Waals surface area contributed by atoms with Crippen LogP contribution in [-0.4, -0.2) is 33.9 Å². The molecule has 19 heavy (non-hydrogen) atoms. The van der Waals surface area contributed by atoms with Gasteiger partial charge in [0.05, 0.1) is 12.2 Å². The molecule has 0 aromatic carbocycles. The molecule has 0 atom stereocenters. The lowest BCUT2D eigenvalue weighted by atomic mass is 10.3. The van der Waals surface area contributed by atoms with Gasteiger partial charge < -0.3 is 14.4 Å². The molecule has 98 valence electrons. The monoisotopic (exact) mass is 260 g/mol. The SMILES string of the molecule is CN(Cc1ccccn1)C(=O)c1ccc(C(=O)O)o1. The van der Waals surface area contributed by atoms with Gasteiger partial charge in [0.15, 0.2) is 5.76 Å². The molecule has 1 amide bonds. The summed E-state index contributed by atoms with van der Waals surface area (Å²) in [5.74, 6) is -1.85. The van der Waals surface area contributed by atoms with Gasteiger partial charge in [-0.2, -0.15) is 0 Å². The Balaban J connectivity index is 2.08. The number of carbonyl (C=O) groups excluding carboxylic acids is 1. The highest BCUT2D eigenvalue weighted by atomic mass is 16.4. The summed E-state index contributed by atoms with van der Waals surface area (Å²) in [6.07, 6.45) is 1.64. The number of nitrogens with zero attached hydrogens (tertiary/aromatic N) is 2. The third-order valence-corrected chi connectivity index (χ3v) is 2.50. The van der Waals surface area contributed by atoms with Gasteiger partial charge in [-0.1, -0.05) is 6.07 Å². The molecule has 0 aliphatic rings. The third-order valence-electron chi connectivity index (χ3n) is 2.50. The predicted octanol–water partition coefficient (Wildman–Crippen LogP) is 1.65. The molecule has 0 spiro atoms. The molecule has 0 radical (unpaired) electrons. The van der Waals surface area contributed by atoms with Gasteiger partial charge in [0.25, 0.3) is 5.91 Å². The molecule has 0 saturated heterocycles. The Morgan fingerprint density at radius 3 is 2.58 bits per heavy atom. The summed E-state index contributed by atoms with van der Waals surface area (Å²) in [6.45, 7) is 0.322. The number of aromatic nitrogens is 1. The summed E-state index contributed by atoms with van der Waals surface area (Å²) in [5, 5.41) is 8.73. The van der Waals surface area contributed by atoms with E-state index in [1.54, 1.807) is 25.4 Å². The Hall–Kier alpha value is -2.63. The number of carbonyl (C=O) groups is 2. The van der Waals surface area contributed by atoms with Crippen LogP contribution in [0.1, 0.15) is 26.8 Å². The largest absolute Gasteiger partial charge is 0.475 e. The van der Waals surface area contributed by atoms with Crippen molar-refractivity contribution in [1.29, 1.82) is 0 Å². The quantitative estimate of drug-likeness (QED) is 0.903. The van der Waals surface area contributed by atoms with E-state index in [0.29, 0.717) is 6.54 Å². The zero-order valence-electron chi connectivity index (χ0n) is 10.2. The van der Waals surface area contributed by atoms with Crippen molar-refractivity contribution in [2.75, 3.05) is 7.05 Å². The topological polar surface area (TPSA) is 83.6 Å². The van der Waals surface area contributed by atoms with Crippen LogP contribution in [0.4, 0.5) is 0 Å². The van der Waals surface area contributed by atoms with Crippen molar-refractivity contribution < 1.29 is 19.1 Å². The molecule has 2 aromatic rings. The van der Waals surface area contributed by atoms with Crippen molar-refractivity contribution in [2.24, 2.45) is 0 Å². The standard InChI is InChI=1S/C13H12N2O4/c1-15(8-9-4-2-3-7-14-9)12(16)10-5-6-11(19-10)13(17)18/h2-7H,8H2,1H3,(H,17,18). The van der Waals surface area contributed by atoms with Crippen LogP contribution in [-0.2, 0) is 6.54 Å². The van der Waals surface area contributed by atoms with E-state index in [-0.39, 0.29) is 11.5 Å². The van der Waals surface area contributed by atoms with E-state index >= 15 is 0 Å². The summed E-state index contributed by atoms with van der Waals surface area (Å²) in [7, 11) is 1.60. The van der Waals surface area contributed by atoms with Crippen molar-refractivity contribution in [3.8, 4) is 0 Å². The van der Waals surface area contributed by atoms with Crippen LogP contribution in [0.15, 0.2) is 40.9 Å². The summed E-state index contributed by atoms with van der Waals surface area (Å²) in [5.41, 5.74) is 0.739. The predicted molar refractivity (Wildman–Crippen MR) is 65.7 cm³/mol. The molecule has 2 heterocycles. The lowest BCUT2D eigenvalue weighted by molar-refractivity contribution is 0.0652. The van der Waals surface area contributed by atoms with Crippen LogP contribution in [0.2, 0.25) is 0 Å². The second-order valence-corrected chi connectivity index (χ2v) is 3.95. The van der Waals surface area contributed by atoms with E-state index in [2.05, 4.69) is 4.98 Å². The molecule has 1 N–H and O–H groups in total. The number of aromatic carboxylic acids is 1. The second-order valence-electron chi connectivity index (χ2n) is 3.95. The van der Waals surface area contributed by atoms with Crippen LogP contribution < -0.4 is 0 Å². The molecular weight excluding hydrogens is 248 g/mol. The maximum absolute atomic E-state index is 12.0. The number of hydrogen-bond donors (Lipinski definition) is 1. The molecule has 0 aliphatic heterocycles. The minimum absolute atomic E-state index is 0.00386. The fourth-order valence-electron chi connectivity index (χ4n) is 1.56. The molecular formula is C13H12N2O4. The number of carboxylic acids is 1. The zero-order valence-corrected chi connectivity index (χ0v) is 10.2. The highest BCUT2D eigenvalue weighted by Crippen LogP contribution is 2.11. The van der Waals surface area contributed by atoms with Crippen molar-refractivity contribution >= 4 is 11.9 Å². The second kappa shape index (κ2) is 5.34. The van der Waals surface area contributed by atoms with Gasteiger partial charge in [0.1, 0.15) is 0 Å². The lowest BCUT2D eigenvalue weighted by Crippen LogP contribution is -2.26. The number of furan rings is 1. The summed E-state index contributed by atoms with van der Waals surface area (Å²) < 4.78 is 4.95. The zero-order chi connectivity index (χ0) is 13.8. The van der Waals surface area contributed by atoms with Crippen LogP contribution in [0, 0.1) is 0 Å². The van der Waals surface area contributed by atoms with E-state index in [0.717, 1.165) is 5.69 Å². The average molecular weight is 260 g/mol. The first-order valence-corrected chi connectivity index (χ1v) is 5.56. The van der Waals surface area contributed by atoms with E-state index in [1.807, 2.05) is 6.07 Å². The van der Waals surface area contributed by atoms with Crippen molar-refractivity contribution in [3.05, 3.63) is 53.7 Å². The Labute approximate surface area is 109 Å². The molecule has 2 rings (SSSR count). The Morgan fingerprint density at radius 1 is 1.26 bits per heavy atom. The molecule has 6 nitrogen and oxygen atoms in total. The molecule has 0 saturated carbocycles. The van der Waals surface area contributed by atoms with Gasteiger partial charge in [0.2, 0.25) is 5.76 Å². The molecule has 0 unspecified atom stereocenters. The first kappa shape index (κ1) is 12.8. The normalized spacial score (nSPS) is 10.2. The van der Waals surface area contributed by atoms with E-state index in [9.17, 15) is 9.59 Å². The van der Waals surface area contributed by atoms with Gasteiger partial charge in [-0.15, -0.1) is 0 Å². The number of rotatable bonds is 4. The van der Waals surface area contributed by atoms with E-state index in [4.69, 9.17) is 9.52 Å². The Morgan fingerprint density at radius 2 is 2.00 bits per heavy atom. The van der Waals surface area contributed by atoms with Gasteiger partial charge in [0, 0.05) is 13.2 Å². The summed E-state index contributed by atoms with van der Waals surface area (Å²) in [4.78, 5) is 28.2. The summed E-state index contributed by atoms with van der Waals surface area (Å²) >= 11 is 0. The van der Waals surface area contributed by atoms with Crippen LogP contribution in [0.3, 0.4) is 0 Å². The van der Waals surface area contributed by atoms with Crippen LogP contribution in [0.25, 0.3) is 0 Å². The molecule has 2 aromatic heterocycles. The molecule has 0 aliphatic carbocycles. The van der Waals surface area contributed by atoms with Gasteiger partial charge in [-0.3, -0.25) is 9.78 Å². The first-order valence-electron chi connectivity index (χ1n) is 5.56. The van der Waals surface area contributed by atoms with Crippen LogP contribution in [0.5, 0.6) is 0 Å². The molecule has 0 bridgehead atoms. The number of carboxylic acid groups (broad SMARTS) is 1. The van der Waals surface area contributed by atoms with Crippen LogP contribution >= 0.6 is 0 Å². The third kappa shape index (κ3) is 2.98. The van der Waals surface area contributed by atoms with Gasteiger partial charge >= 0.3 is 5.97 Å². The van der Waals surface area contributed by atoms with Crippen molar-refractivity contribution in [1.82, 2.24) is 9.88 Å². The Bertz CT molecular complexity index is 592. The van der Waals surface area contributed by atoms with Crippen molar-refractivity contribution in [3.63, 3.8) is 0 Å². The summed E-state index contributed by atoms with van der Waals surface area (Å²) in [6, 6.07) is 8.02. The lowest BCUT2D eigenvalue weighted by Gasteiger charge is -2.14. The molecule has 6 heteroatoms. The van der Waals surface area contributed by atoms with Crippen molar-refractivity contribution in [2.45, 2.75) is 6.54 Å². The fourth-order valence-corrected chi connectivity index (χ4v) is 1.56. The first-order chi connectivity index (χ1) is 9.08. The van der Waals surface area contributed by atoms with E-state index in [1.165, 1.54) is 17.0 Å². The molecule has 0 fully saturated rings. The van der Waals surface area contributed by atoms with E-state index < -0.39 is 11.9 Å².